The molecule has 3 aliphatic heterocycles. The van der Waals surface area contributed by atoms with Crippen LogP contribution in [0.25, 0.3) is 0 Å². The van der Waals surface area contributed by atoms with E-state index < -0.39 is 22.1 Å². The lowest BCUT2D eigenvalue weighted by Gasteiger charge is -2.34. The van der Waals surface area contributed by atoms with E-state index in [1.165, 1.54) is 16.4 Å². The predicted octanol–water partition coefficient (Wildman–Crippen LogP) is 1.98. The molecule has 33 heavy (non-hydrogen) atoms. The molecule has 2 aromatic rings. The SMILES string of the molecule is O=C1O[C@H](CC(=O)N2CCN(S(=O)(=O)c3ccc4c(c3)OCCCO4)CC2)c2ccccc21. The number of benzene rings is 2. The van der Waals surface area contributed by atoms with Gasteiger partial charge in [-0.15, -0.1) is 0 Å². The van der Waals surface area contributed by atoms with Gasteiger partial charge in [-0.3, -0.25) is 4.79 Å². The van der Waals surface area contributed by atoms with Gasteiger partial charge in [0.15, 0.2) is 11.5 Å². The van der Waals surface area contributed by atoms with Gasteiger partial charge in [0, 0.05) is 44.2 Å². The summed E-state index contributed by atoms with van der Waals surface area (Å²) in [6.07, 6.45) is 0.167. The van der Waals surface area contributed by atoms with Crippen LogP contribution in [0.15, 0.2) is 47.4 Å². The first-order chi connectivity index (χ1) is 15.9. The fraction of sp³-hybridized carbons (Fsp3) is 0.391. The Bertz CT molecular complexity index is 1190. The summed E-state index contributed by atoms with van der Waals surface area (Å²) in [5.41, 5.74) is 1.20. The number of hydrogen-bond donors (Lipinski definition) is 0. The summed E-state index contributed by atoms with van der Waals surface area (Å²) < 4.78 is 44.2. The van der Waals surface area contributed by atoms with Crippen molar-refractivity contribution in [3.63, 3.8) is 0 Å². The molecule has 1 atom stereocenters. The van der Waals surface area contributed by atoms with E-state index in [1.807, 2.05) is 6.07 Å². The molecule has 3 heterocycles. The van der Waals surface area contributed by atoms with Gasteiger partial charge >= 0.3 is 5.97 Å². The van der Waals surface area contributed by atoms with Crippen LogP contribution in [0, 0.1) is 0 Å². The van der Waals surface area contributed by atoms with Crippen molar-refractivity contribution < 1.29 is 32.2 Å². The number of sulfonamides is 1. The van der Waals surface area contributed by atoms with Crippen LogP contribution >= 0.6 is 0 Å². The smallest absolute Gasteiger partial charge is 0.339 e. The Hall–Kier alpha value is -3.11. The van der Waals surface area contributed by atoms with Gasteiger partial charge in [-0.1, -0.05) is 18.2 Å². The lowest BCUT2D eigenvalue weighted by molar-refractivity contribution is -0.134. The Kier molecular flexibility index (Phi) is 5.71. The minimum atomic E-state index is -3.74. The summed E-state index contributed by atoms with van der Waals surface area (Å²) in [7, 11) is -3.74. The number of amides is 1. The van der Waals surface area contributed by atoms with Crippen LogP contribution in [-0.4, -0.2) is 68.9 Å². The van der Waals surface area contributed by atoms with Gasteiger partial charge in [0.05, 0.1) is 30.1 Å². The van der Waals surface area contributed by atoms with E-state index in [2.05, 4.69) is 0 Å². The van der Waals surface area contributed by atoms with Gasteiger partial charge in [-0.2, -0.15) is 4.31 Å². The maximum Gasteiger partial charge on any atom is 0.339 e. The minimum Gasteiger partial charge on any atom is -0.490 e. The molecule has 2 aromatic carbocycles. The lowest BCUT2D eigenvalue weighted by Crippen LogP contribution is -2.50. The maximum absolute atomic E-state index is 13.2. The van der Waals surface area contributed by atoms with E-state index in [9.17, 15) is 18.0 Å². The first-order valence-electron chi connectivity index (χ1n) is 10.9. The van der Waals surface area contributed by atoms with Crippen molar-refractivity contribution in [1.29, 1.82) is 0 Å². The highest BCUT2D eigenvalue weighted by Crippen LogP contribution is 2.34. The topological polar surface area (TPSA) is 102 Å². The van der Waals surface area contributed by atoms with Crippen LogP contribution in [0.4, 0.5) is 0 Å². The summed E-state index contributed by atoms with van der Waals surface area (Å²) in [5.74, 6) is 0.372. The Morgan fingerprint density at radius 2 is 1.70 bits per heavy atom. The van der Waals surface area contributed by atoms with E-state index in [-0.39, 0.29) is 43.4 Å². The summed E-state index contributed by atoms with van der Waals surface area (Å²) in [5, 5.41) is 0. The van der Waals surface area contributed by atoms with Crippen LogP contribution in [-0.2, 0) is 19.6 Å². The molecule has 9 nitrogen and oxygen atoms in total. The third-order valence-corrected chi connectivity index (χ3v) is 7.98. The molecule has 174 valence electrons. The number of rotatable bonds is 4. The molecule has 0 radical (unpaired) electrons. The lowest BCUT2D eigenvalue weighted by atomic mass is 10.0. The fourth-order valence-corrected chi connectivity index (χ4v) is 5.73. The standard InChI is InChI=1S/C23H24N2O7S/c26-22(15-20-17-4-1-2-5-18(17)23(27)32-20)24-8-10-25(11-9-24)33(28,29)16-6-7-19-21(14-16)31-13-3-12-30-19/h1-2,4-7,14,20H,3,8-13,15H2/t20-/m1/s1. The monoisotopic (exact) mass is 472 g/mol. The van der Waals surface area contributed by atoms with Gasteiger partial charge in [-0.05, 0) is 18.2 Å². The second-order valence-corrected chi connectivity index (χ2v) is 10.1. The van der Waals surface area contributed by atoms with E-state index in [0.29, 0.717) is 35.8 Å². The summed E-state index contributed by atoms with van der Waals surface area (Å²) in [4.78, 5) is 26.6. The molecule has 1 amide bonds. The van der Waals surface area contributed by atoms with Crippen molar-refractivity contribution in [2.75, 3.05) is 39.4 Å². The third kappa shape index (κ3) is 4.16. The van der Waals surface area contributed by atoms with Crippen LogP contribution < -0.4 is 9.47 Å². The summed E-state index contributed by atoms with van der Waals surface area (Å²) in [6, 6.07) is 11.7. The molecule has 0 bridgehead atoms. The fourth-order valence-electron chi connectivity index (χ4n) is 4.29. The first kappa shape index (κ1) is 21.7. The number of carbonyl (C=O) groups is 2. The van der Waals surface area contributed by atoms with Gasteiger partial charge in [0.25, 0.3) is 0 Å². The predicted molar refractivity (Wildman–Crippen MR) is 117 cm³/mol. The number of hydrogen-bond acceptors (Lipinski definition) is 7. The van der Waals surface area contributed by atoms with Crippen molar-refractivity contribution in [3.8, 4) is 11.5 Å². The average Bonchev–Trinajstić information content (AvgIpc) is 2.99. The molecule has 1 saturated heterocycles. The average molecular weight is 473 g/mol. The molecule has 0 saturated carbocycles. The second-order valence-electron chi connectivity index (χ2n) is 8.13. The zero-order valence-corrected chi connectivity index (χ0v) is 18.8. The van der Waals surface area contributed by atoms with E-state index in [1.54, 1.807) is 29.2 Å². The molecule has 0 N–H and O–H groups in total. The number of carbonyl (C=O) groups excluding carboxylic acids is 2. The molecular weight excluding hydrogens is 448 g/mol. The zero-order chi connectivity index (χ0) is 23.0. The van der Waals surface area contributed by atoms with E-state index in [4.69, 9.17) is 14.2 Å². The minimum absolute atomic E-state index is 0.0393. The van der Waals surface area contributed by atoms with Crippen LogP contribution in [0.2, 0.25) is 0 Å². The molecule has 0 aliphatic carbocycles. The molecule has 5 rings (SSSR count). The number of esters is 1. The van der Waals surface area contributed by atoms with Gasteiger partial charge in [0.2, 0.25) is 15.9 Å². The zero-order valence-electron chi connectivity index (χ0n) is 17.9. The summed E-state index contributed by atoms with van der Waals surface area (Å²) >= 11 is 0. The van der Waals surface area contributed by atoms with Crippen LogP contribution in [0.1, 0.15) is 34.9 Å². The normalized spacial score (nSPS) is 20.7. The molecule has 10 heteroatoms. The first-order valence-corrected chi connectivity index (χ1v) is 12.3. The number of cyclic esters (lactones) is 1. The van der Waals surface area contributed by atoms with Crippen molar-refractivity contribution >= 4 is 21.9 Å². The Morgan fingerprint density at radius 3 is 2.48 bits per heavy atom. The molecule has 0 unspecified atom stereocenters. The van der Waals surface area contributed by atoms with Gasteiger partial charge in [0.1, 0.15) is 6.10 Å². The van der Waals surface area contributed by atoms with E-state index >= 15 is 0 Å². The second kappa shape index (κ2) is 8.68. The Labute approximate surface area is 191 Å². The maximum atomic E-state index is 13.2. The third-order valence-electron chi connectivity index (χ3n) is 6.08. The number of nitrogens with zero attached hydrogens (tertiary/aromatic N) is 2. The summed E-state index contributed by atoms with van der Waals surface area (Å²) in [6.45, 7) is 1.90. The van der Waals surface area contributed by atoms with Crippen LogP contribution in [0.5, 0.6) is 11.5 Å². The highest BCUT2D eigenvalue weighted by atomic mass is 32.2. The molecule has 0 aromatic heterocycles. The van der Waals surface area contributed by atoms with Crippen LogP contribution in [0.3, 0.4) is 0 Å². The molecule has 3 aliphatic rings. The van der Waals surface area contributed by atoms with Crippen molar-refractivity contribution in [3.05, 3.63) is 53.6 Å². The van der Waals surface area contributed by atoms with Gasteiger partial charge in [-0.25, -0.2) is 13.2 Å². The largest absolute Gasteiger partial charge is 0.490 e. The van der Waals surface area contributed by atoms with Crippen molar-refractivity contribution in [2.45, 2.75) is 23.8 Å². The number of fused-ring (bicyclic) bond motifs is 2. The van der Waals surface area contributed by atoms with Crippen molar-refractivity contribution in [2.24, 2.45) is 0 Å². The number of piperazine rings is 1. The quantitative estimate of drug-likeness (QED) is 0.627. The highest BCUT2D eigenvalue weighted by molar-refractivity contribution is 7.89. The Balaban J connectivity index is 1.22. The van der Waals surface area contributed by atoms with Gasteiger partial charge < -0.3 is 19.1 Å². The number of ether oxygens (including phenoxy) is 3. The van der Waals surface area contributed by atoms with Crippen molar-refractivity contribution in [1.82, 2.24) is 9.21 Å². The Morgan fingerprint density at radius 1 is 0.970 bits per heavy atom. The highest BCUT2D eigenvalue weighted by Gasteiger charge is 2.35. The van der Waals surface area contributed by atoms with E-state index in [0.717, 1.165) is 6.42 Å². The molecule has 0 spiro atoms. The molecular formula is C23H24N2O7S. The molecule has 1 fully saturated rings.